The summed E-state index contributed by atoms with van der Waals surface area (Å²) < 4.78 is 31.6. The van der Waals surface area contributed by atoms with Crippen molar-refractivity contribution in [1.29, 1.82) is 0 Å². The number of carbonyl (C=O) groups is 2. The lowest BCUT2D eigenvalue weighted by Gasteiger charge is -2.35. The maximum atomic E-state index is 13.5. The second-order valence-corrected chi connectivity index (χ2v) is 10.7. The zero-order valence-electron chi connectivity index (χ0n) is 19.2. The van der Waals surface area contributed by atoms with Gasteiger partial charge in [0.05, 0.1) is 16.2 Å². The number of aromatic nitrogens is 1. The van der Waals surface area contributed by atoms with E-state index in [1.807, 2.05) is 0 Å². The Morgan fingerprint density at radius 3 is 2.09 bits per heavy atom. The van der Waals surface area contributed by atoms with Gasteiger partial charge in [-0.1, -0.05) is 5.16 Å². The molecule has 2 aromatic rings. The largest absolute Gasteiger partial charge is 0.371 e. The summed E-state index contributed by atoms with van der Waals surface area (Å²) in [7, 11) is -0.738. The molecule has 11 heteroatoms. The van der Waals surface area contributed by atoms with Gasteiger partial charge in [0.25, 0.3) is 11.8 Å². The van der Waals surface area contributed by atoms with Crippen LogP contribution in [0.5, 0.6) is 0 Å². The lowest BCUT2D eigenvalue weighted by molar-refractivity contribution is 0.0513. The van der Waals surface area contributed by atoms with Gasteiger partial charge in [0.15, 0.2) is 0 Å². The summed E-state index contributed by atoms with van der Waals surface area (Å²) >= 11 is 0. The van der Waals surface area contributed by atoms with Crippen molar-refractivity contribution in [1.82, 2.24) is 19.3 Å². The summed E-state index contributed by atoms with van der Waals surface area (Å²) in [6.07, 6.45) is 2.07. The number of nitrogens with zero attached hydrogens (tertiary/aromatic N) is 5. The van der Waals surface area contributed by atoms with Crippen molar-refractivity contribution in [2.45, 2.75) is 24.7 Å². The van der Waals surface area contributed by atoms with Crippen LogP contribution in [0.25, 0.3) is 0 Å². The molecular weight excluding hydrogens is 446 g/mol. The molecular formula is C22H29N5O5S. The minimum Gasteiger partial charge on any atom is -0.371 e. The van der Waals surface area contributed by atoms with Crippen molar-refractivity contribution in [3.05, 3.63) is 41.3 Å². The van der Waals surface area contributed by atoms with Gasteiger partial charge >= 0.3 is 0 Å². The summed E-state index contributed by atoms with van der Waals surface area (Å²) in [5.74, 6) is -0.292. The molecule has 0 spiro atoms. The van der Waals surface area contributed by atoms with Crippen molar-refractivity contribution in [2.24, 2.45) is 0 Å². The van der Waals surface area contributed by atoms with E-state index in [1.165, 1.54) is 20.2 Å². The number of rotatable bonds is 5. The van der Waals surface area contributed by atoms with Gasteiger partial charge in [-0.25, -0.2) is 12.7 Å². The molecule has 0 atom stereocenters. The molecule has 0 radical (unpaired) electrons. The van der Waals surface area contributed by atoms with E-state index in [4.69, 9.17) is 4.52 Å². The van der Waals surface area contributed by atoms with Crippen LogP contribution < -0.4 is 4.90 Å². The molecule has 178 valence electrons. The summed E-state index contributed by atoms with van der Waals surface area (Å²) in [4.78, 5) is 31.7. The second-order valence-electron chi connectivity index (χ2n) is 8.58. The van der Waals surface area contributed by atoms with Crippen LogP contribution >= 0.6 is 0 Å². The Morgan fingerprint density at radius 2 is 1.55 bits per heavy atom. The molecule has 0 aliphatic carbocycles. The van der Waals surface area contributed by atoms with E-state index in [1.54, 1.807) is 34.9 Å². The van der Waals surface area contributed by atoms with Gasteiger partial charge in [0, 0.05) is 65.1 Å². The van der Waals surface area contributed by atoms with E-state index in [0.29, 0.717) is 37.4 Å². The van der Waals surface area contributed by atoms with E-state index in [0.717, 1.165) is 35.9 Å². The average Bonchev–Trinajstić information content (AvgIpc) is 3.50. The predicted molar refractivity (Wildman–Crippen MR) is 122 cm³/mol. The van der Waals surface area contributed by atoms with Crippen molar-refractivity contribution >= 4 is 27.5 Å². The van der Waals surface area contributed by atoms with Gasteiger partial charge in [-0.2, -0.15) is 0 Å². The Balaban J connectivity index is 1.56. The molecule has 2 aliphatic rings. The number of piperazine rings is 1. The number of anilines is 1. The number of amides is 2. The third kappa shape index (κ3) is 4.60. The average molecular weight is 476 g/mol. The zero-order chi connectivity index (χ0) is 23.8. The number of hydrogen-bond donors (Lipinski definition) is 0. The van der Waals surface area contributed by atoms with Crippen LogP contribution in [0.3, 0.4) is 0 Å². The SMILES string of the molecule is Cc1cc(C(=O)N2CCN(C(=O)c3cc(S(=O)(=O)N(C)C)ccc3N3CCCC3)CC2)on1. The van der Waals surface area contributed by atoms with E-state index < -0.39 is 10.0 Å². The Kier molecular flexibility index (Phi) is 6.44. The third-order valence-electron chi connectivity index (χ3n) is 6.12. The number of carbonyl (C=O) groups excluding carboxylic acids is 2. The molecule has 2 amide bonds. The topological polar surface area (TPSA) is 107 Å². The minimum atomic E-state index is -3.68. The number of hydrogen-bond acceptors (Lipinski definition) is 7. The molecule has 33 heavy (non-hydrogen) atoms. The van der Waals surface area contributed by atoms with E-state index in [2.05, 4.69) is 10.1 Å². The molecule has 3 heterocycles. The normalized spacial score (nSPS) is 17.2. The van der Waals surface area contributed by atoms with Crippen molar-refractivity contribution in [3.8, 4) is 0 Å². The fraction of sp³-hybridized carbons (Fsp3) is 0.500. The molecule has 0 saturated carbocycles. The first kappa shape index (κ1) is 23.2. The van der Waals surface area contributed by atoms with Gasteiger partial charge < -0.3 is 19.2 Å². The van der Waals surface area contributed by atoms with Gasteiger partial charge in [-0.3, -0.25) is 9.59 Å². The molecule has 1 aromatic heterocycles. The highest BCUT2D eigenvalue weighted by Gasteiger charge is 2.30. The van der Waals surface area contributed by atoms with Crippen LogP contribution in [-0.2, 0) is 10.0 Å². The third-order valence-corrected chi connectivity index (χ3v) is 7.93. The molecule has 2 saturated heterocycles. The van der Waals surface area contributed by atoms with E-state index >= 15 is 0 Å². The van der Waals surface area contributed by atoms with Crippen LogP contribution in [0.2, 0.25) is 0 Å². The van der Waals surface area contributed by atoms with Crippen LogP contribution in [0.4, 0.5) is 5.69 Å². The standard InChI is InChI=1S/C22H29N5O5S/c1-16-14-20(32-23-16)22(29)27-12-10-26(11-13-27)21(28)18-15-17(33(30,31)24(2)3)6-7-19(18)25-8-4-5-9-25/h6-7,14-15H,4-5,8-13H2,1-3H3. The first-order chi connectivity index (χ1) is 15.7. The zero-order valence-corrected chi connectivity index (χ0v) is 20.0. The first-order valence-electron chi connectivity index (χ1n) is 11.0. The van der Waals surface area contributed by atoms with Gasteiger partial charge in [-0.15, -0.1) is 0 Å². The lowest BCUT2D eigenvalue weighted by Crippen LogP contribution is -2.50. The Labute approximate surface area is 193 Å². The monoisotopic (exact) mass is 475 g/mol. The highest BCUT2D eigenvalue weighted by atomic mass is 32.2. The highest BCUT2D eigenvalue weighted by molar-refractivity contribution is 7.89. The lowest BCUT2D eigenvalue weighted by atomic mass is 10.1. The maximum Gasteiger partial charge on any atom is 0.292 e. The summed E-state index contributed by atoms with van der Waals surface area (Å²) in [6.45, 7) is 4.83. The van der Waals surface area contributed by atoms with Crippen molar-refractivity contribution in [3.63, 3.8) is 0 Å². The predicted octanol–water partition coefficient (Wildman–Crippen LogP) is 1.43. The van der Waals surface area contributed by atoms with Gasteiger partial charge in [0.2, 0.25) is 15.8 Å². The first-order valence-corrected chi connectivity index (χ1v) is 12.5. The van der Waals surface area contributed by atoms with Crippen LogP contribution in [0, 0.1) is 6.92 Å². The molecule has 0 unspecified atom stereocenters. The molecule has 2 fully saturated rings. The minimum absolute atomic E-state index is 0.0910. The molecule has 10 nitrogen and oxygen atoms in total. The molecule has 0 bridgehead atoms. The summed E-state index contributed by atoms with van der Waals surface area (Å²) in [6, 6.07) is 6.38. The fourth-order valence-electron chi connectivity index (χ4n) is 4.19. The van der Waals surface area contributed by atoms with Crippen LogP contribution in [-0.4, -0.2) is 92.9 Å². The van der Waals surface area contributed by atoms with Crippen LogP contribution in [0.1, 0.15) is 39.4 Å². The van der Waals surface area contributed by atoms with Crippen molar-refractivity contribution < 1.29 is 22.5 Å². The van der Waals surface area contributed by atoms with Gasteiger partial charge in [0.1, 0.15) is 0 Å². The maximum absolute atomic E-state index is 13.5. The summed E-state index contributed by atoms with van der Waals surface area (Å²) in [5.41, 5.74) is 1.77. The number of benzene rings is 1. The smallest absolute Gasteiger partial charge is 0.292 e. The highest BCUT2D eigenvalue weighted by Crippen LogP contribution is 2.29. The number of sulfonamides is 1. The summed E-state index contributed by atoms with van der Waals surface area (Å²) in [5, 5.41) is 3.76. The van der Waals surface area contributed by atoms with Gasteiger partial charge in [-0.05, 0) is 38.0 Å². The molecule has 4 rings (SSSR count). The molecule has 2 aliphatic heterocycles. The van der Waals surface area contributed by atoms with E-state index in [-0.39, 0.29) is 22.5 Å². The quantitative estimate of drug-likeness (QED) is 0.644. The Hall–Kier alpha value is -2.92. The molecule has 0 N–H and O–H groups in total. The fourth-order valence-corrected chi connectivity index (χ4v) is 5.12. The van der Waals surface area contributed by atoms with Crippen LogP contribution in [0.15, 0.2) is 33.7 Å². The number of aryl methyl sites for hydroxylation is 1. The Bertz CT molecular complexity index is 1150. The van der Waals surface area contributed by atoms with E-state index in [9.17, 15) is 18.0 Å². The Morgan fingerprint density at radius 1 is 0.939 bits per heavy atom. The van der Waals surface area contributed by atoms with Crippen molar-refractivity contribution in [2.75, 3.05) is 58.3 Å². The second kappa shape index (κ2) is 9.14. The molecule has 1 aromatic carbocycles.